The van der Waals surface area contributed by atoms with E-state index in [1.807, 2.05) is 55.8 Å². The van der Waals surface area contributed by atoms with Gasteiger partial charge >= 0.3 is 0 Å². The standard InChI is InChI=1S/C16H17N.C2H7N.2C2H6.CH4/c1-12-8-10-14(11-9-12)16-7-5-4-6-15(16)13(2)17-3;1-3-2;2*1-2;/h4-11H,1-3H3;3H,1-2H3;2*1-2H3;1H4. The first kappa shape index (κ1) is 27.9. The Bertz CT molecular complexity index is 555. The molecular formula is C23H40N2. The minimum atomic E-state index is 0. The maximum atomic E-state index is 4.28. The fourth-order valence-electron chi connectivity index (χ4n) is 1.90. The third-order valence-electron chi connectivity index (χ3n) is 3.01. The molecule has 0 radical (unpaired) electrons. The quantitative estimate of drug-likeness (QED) is 0.608. The van der Waals surface area contributed by atoms with Crippen LogP contribution in [0.4, 0.5) is 0 Å². The van der Waals surface area contributed by atoms with Gasteiger partial charge in [0.15, 0.2) is 0 Å². The number of hydrogen-bond acceptors (Lipinski definition) is 2. The van der Waals surface area contributed by atoms with Gasteiger partial charge in [-0.2, -0.15) is 0 Å². The van der Waals surface area contributed by atoms with Crippen molar-refractivity contribution in [2.45, 2.75) is 49.0 Å². The van der Waals surface area contributed by atoms with Crippen LogP contribution in [0.5, 0.6) is 0 Å². The lowest BCUT2D eigenvalue weighted by Gasteiger charge is -2.09. The number of benzene rings is 2. The molecule has 0 amide bonds. The summed E-state index contributed by atoms with van der Waals surface area (Å²) in [7, 11) is 5.58. The Balaban J connectivity index is -0.000000534. The van der Waals surface area contributed by atoms with E-state index in [-0.39, 0.29) is 7.43 Å². The Labute approximate surface area is 157 Å². The predicted molar refractivity (Wildman–Crippen MR) is 119 cm³/mol. The molecule has 0 aliphatic carbocycles. The Morgan fingerprint density at radius 1 is 0.840 bits per heavy atom. The molecular weight excluding hydrogens is 304 g/mol. The summed E-state index contributed by atoms with van der Waals surface area (Å²) in [5.41, 5.74) is 6.05. The molecule has 0 spiro atoms. The van der Waals surface area contributed by atoms with Gasteiger partial charge in [0.1, 0.15) is 0 Å². The van der Waals surface area contributed by atoms with E-state index < -0.39 is 0 Å². The van der Waals surface area contributed by atoms with E-state index in [0.717, 1.165) is 5.71 Å². The van der Waals surface area contributed by atoms with Crippen molar-refractivity contribution >= 4 is 5.71 Å². The van der Waals surface area contributed by atoms with Crippen LogP contribution in [-0.2, 0) is 0 Å². The van der Waals surface area contributed by atoms with Crippen LogP contribution < -0.4 is 5.32 Å². The van der Waals surface area contributed by atoms with E-state index in [0.29, 0.717) is 0 Å². The lowest BCUT2D eigenvalue weighted by atomic mass is 9.96. The molecule has 25 heavy (non-hydrogen) atoms. The second-order valence-electron chi connectivity index (χ2n) is 4.72. The molecule has 2 aromatic carbocycles. The summed E-state index contributed by atoms with van der Waals surface area (Å²) in [6, 6.07) is 17.0. The smallest absolute Gasteiger partial charge is 0.0392 e. The van der Waals surface area contributed by atoms with Gasteiger partial charge in [-0.05, 0) is 39.1 Å². The van der Waals surface area contributed by atoms with Gasteiger partial charge in [-0.1, -0.05) is 89.2 Å². The molecule has 0 atom stereocenters. The second kappa shape index (κ2) is 18.4. The number of nitrogens with zero attached hydrogens (tertiary/aromatic N) is 1. The van der Waals surface area contributed by atoms with Gasteiger partial charge in [0.2, 0.25) is 0 Å². The van der Waals surface area contributed by atoms with E-state index in [4.69, 9.17) is 0 Å². The van der Waals surface area contributed by atoms with Crippen molar-refractivity contribution in [3.05, 3.63) is 59.7 Å². The molecule has 0 saturated heterocycles. The van der Waals surface area contributed by atoms with Crippen LogP contribution in [0.15, 0.2) is 53.5 Å². The van der Waals surface area contributed by atoms with Crippen molar-refractivity contribution in [2.24, 2.45) is 4.99 Å². The summed E-state index contributed by atoms with van der Waals surface area (Å²) in [6.45, 7) is 12.2. The summed E-state index contributed by atoms with van der Waals surface area (Å²) >= 11 is 0. The number of aryl methyl sites for hydroxylation is 1. The molecule has 0 aliphatic heterocycles. The van der Waals surface area contributed by atoms with Crippen molar-refractivity contribution in [3.8, 4) is 11.1 Å². The highest BCUT2D eigenvalue weighted by Crippen LogP contribution is 2.24. The topological polar surface area (TPSA) is 24.4 Å². The van der Waals surface area contributed by atoms with Crippen molar-refractivity contribution in [1.82, 2.24) is 5.32 Å². The SMILES string of the molecule is C.CC.CC.CN=C(C)c1ccccc1-c1ccc(C)cc1.CNC. The first-order chi connectivity index (χ1) is 11.6. The number of rotatable bonds is 2. The monoisotopic (exact) mass is 344 g/mol. The molecule has 0 heterocycles. The number of hydrogen-bond donors (Lipinski definition) is 1. The van der Waals surface area contributed by atoms with E-state index in [9.17, 15) is 0 Å². The maximum Gasteiger partial charge on any atom is 0.0392 e. The van der Waals surface area contributed by atoms with Crippen molar-refractivity contribution in [1.29, 1.82) is 0 Å². The Kier molecular flexibility index (Phi) is 20.5. The highest BCUT2D eigenvalue weighted by Gasteiger charge is 2.05. The molecule has 0 aliphatic rings. The Hall–Kier alpha value is -1.93. The fourth-order valence-corrected chi connectivity index (χ4v) is 1.90. The molecule has 0 bridgehead atoms. The minimum absolute atomic E-state index is 0. The average molecular weight is 345 g/mol. The van der Waals surface area contributed by atoms with Crippen molar-refractivity contribution < 1.29 is 0 Å². The number of aliphatic imine (C=N–C) groups is 1. The van der Waals surface area contributed by atoms with E-state index >= 15 is 0 Å². The fraction of sp³-hybridized carbons (Fsp3) is 0.435. The molecule has 0 aromatic heterocycles. The second-order valence-corrected chi connectivity index (χ2v) is 4.72. The van der Waals surface area contributed by atoms with E-state index in [2.05, 4.69) is 65.8 Å². The Morgan fingerprint density at radius 3 is 1.72 bits per heavy atom. The zero-order valence-electron chi connectivity index (χ0n) is 17.1. The first-order valence-electron chi connectivity index (χ1n) is 8.82. The highest BCUT2D eigenvalue weighted by atomic mass is 14.7. The lowest BCUT2D eigenvalue weighted by molar-refractivity contribution is 1.02. The molecule has 1 N–H and O–H groups in total. The average Bonchev–Trinajstić information content (AvgIpc) is 2.66. The lowest BCUT2D eigenvalue weighted by Crippen LogP contribution is -1.97. The summed E-state index contributed by atoms with van der Waals surface area (Å²) < 4.78 is 0. The van der Waals surface area contributed by atoms with Gasteiger partial charge < -0.3 is 5.32 Å². The van der Waals surface area contributed by atoms with Gasteiger partial charge in [0, 0.05) is 18.3 Å². The summed E-state index contributed by atoms with van der Waals surface area (Å²) in [6.07, 6.45) is 0. The summed E-state index contributed by atoms with van der Waals surface area (Å²) in [4.78, 5) is 4.28. The zero-order chi connectivity index (χ0) is 19.0. The van der Waals surface area contributed by atoms with Gasteiger partial charge in [-0.15, -0.1) is 0 Å². The molecule has 2 rings (SSSR count). The summed E-state index contributed by atoms with van der Waals surface area (Å²) in [5, 5.41) is 2.75. The van der Waals surface area contributed by atoms with Crippen molar-refractivity contribution in [3.63, 3.8) is 0 Å². The third-order valence-corrected chi connectivity index (χ3v) is 3.01. The third kappa shape index (κ3) is 10.5. The first-order valence-corrected chi connectivity index (χ1v) is 8.82. The molecule has 0 saturated carbocycles. The Morgan fingerprint density at radius 2 is 1.28 bits per heavy atom. The van der Waals surface area contributed by atoms with Crippen LogP contribution in [0.3, 0.4) is 0 Å². The van der Waals surface area contributed by atoms with Crippen LogP contribution in [0.2, 0.25) is 0 Å². The predicted octanol–water partition coefficient (Wildman–Crippen LogP) is 6.62. The minimum Gasteiger partial charge on any atom is -0.323 e. The highest BCUT2D eigenvalue weighted by molar-refractivity contribution is 6.04. The van der Waals surface area contributed by atoms with Gasteiger partial charge in [-0.25, -0.2) is 0 Å². The van der Waals surface area contributed by atoms with Gasteiger partial charge in [0.25, 0.3) is 0 Å². The maximum absolute atomic E-state index is 4.28. The molecule has 2 heteroatoms. The summed E-state index contributed by atoms with van der Waals surface area (Å²) in [5.74, 6) is 0. The van der Waals surface area contributed by atoms with E-state index in [1.54, 1.807) is 0 Å². The van der Waals surface area contributed by atoms with Crippen LogP contribution in [-0.4, -0.2) is 26.9 Å². The van der Waals surface area contributed by atoms with Crippen LogP contribution in [0, 0.1) is 6.92 Å². The molecule has 0 unspecified atom stereocenters. The van der Waals surface area contributed by atoms with Crippen molar-refractivity contribution in [2.75, 3.05) is 21.1 Å². The normalized spacial score (nSPS) is 9.08. The molecule has 2 nitrogen and oxygen atoms in total. The largest absolute Gasteiger partial charge is 0.323 e. The van der Waals surface area contributed by atoms with Gasteiger partial charge in [0.05, 0.1) is 0 Å². The molecule has 2 aromatic rings. The van der Waals surface area contributed by atoms with Crippen LogP contribution in [0.1, 0.15) is 53.2 Å². The van der Waals surface area contributed by atoms with E-state index in [1.165, 1.54) is 22.3 Å². The van der Waals surface area contributed by atoms with Gasteiger partial charge in [-0.3, -0.25) is 4.99 Å². The zero-order valence-corrected chi connectivity index (χ0v) is 17.1. The van der Waals surface area contributed by atoms with Crippen LogP contribution in [0.25, 0.3) is 11.1 Å². The molecule has 142 valence electrons. The van der Waals surface area contributed by atoms with Crippen LogP contribution >= 0.6 is 0 Å². The number of nitrogens with one attached hydrogen (secondary N) is 1. The molecule has 0 fully saturated rings.